The normalized spacial score (nSPS) is 11.1. The average molecular weight is 196 g/mol. The van der Waals surface area contributed by atoms with E-state index in [-0.39, 0.29) is 5.41 Å². The predicted octanol–water partition coefficient (Wildman–Crippen LogP) is 1.65. The Hall–Kier alpha value is -1.45. The molecule has 4 heteroatoms. The number of alkyl carbamates (subject to hydrolysis) is 1. The molecule has 1 aromatic rings. The molecule has 0 bridgehead atoms. The highest BCUT2D eigenvalue weighted by atomic mass is 16.5. The molecule has 0 saturated carbocycles. The van der Waals surface area contributed by atoms with Gasteiger partial charge in [0.2, 0.25) is 0 Å². The van der Waals surface area contributed by atoms with Gasteiger partial charge in [0.15, 0.2) is 0 Å². The zero-order valence-electron chi connectivity index (χ0n) is 8.76. The lowest BCUT2D eigenvalue weighted by Crippen LogP contribution is -2.36. The van der Waals surface area contributed by atoms with E-state index < -0.39 is 6.09 Å². The van der Waals surface area contributed by atoms with Crippen molar-refractivity contribution >= 4 is 6.09 Å². The minimum atomic E-state index is -0.398. The average Bonchev–Trinajstić information content (AvgIpc) is 2.67. The molecular formula is C10H16N2O2. The number of rotatable bonds is 3. The standard InChI is InChI=1S/C10H16N2O2/c1-10(2,7-12-9(13)14-3)8-5-4-6-11-8/h4-6,11H,7H2,1-3H3,(H,12,13). The highest BCUT2D eigenvalue weighted by molar-refractivity contribution is 5.67. The lowest BCUT2D eigenvalue weighted by molar-refractivity contribution is 0.168. The second-order valence-corrected chi connectivity index (χ2v) is 3.81. The molecular weight excluding hydrogens is 180 g/mol. The summed E-state index contributed by atoms with van der Waals surface area (Å²) in [6.07, 6.45) is 1.47. The number of hydrogen-bond donors (Lipinski definition) is 2. The van der Waals surface area contributed by atoms with Crippen LogP contribution < -0.4 is 5.32 Å². The van der Waals surface area contributed by atoms with E-state index in [4.69, 9.17) is 0 Å². The van der Waals surface area contributed by atoms with Crippen molar-refractivity contribution in [2.75, 3.05) is 13.7 Å². The zero-order chi connectivity index (χ0) is 10.6. The third-order valence-corrected chi connectivity index (χ3v) is 2.19. The fourth-order valence-electron chi connectivity index (χ4n) is 1.21. The summed E-state index contributed by atoms with van der Waals surface area (Å²) in [6.45, 7) is 4.64. The van der Waals surface area contributed by atoms with Gasteiger partial charge in [-0.2, -0.15) is 0 Å². The number of hydrogen-bond acceptors (Lipinski definition) is 2. The number of carbonyl (C=O) groups is 1. The van der Waals surface area contributed by atoms with Crippen molar-refractivity contribution in [2.45, 2.75) is 19.3 Å². The quantitative estimate of drug-likeness (QED) is 0.772. The minimum absolute atomic E-state index is 0.113. The Bertz CT molecular complexity index is 291. The van der Waals surface area contributed by atoms with E-state index in [9.17, 15) is 4.79 Å². The van der Waals surface area contributed by atoms with Crippen LogP contribution in [0.1, 0.15) is 19.5 Å². The lowest BCUT2D eigenvalue weighted by atomic mass is 9.89. The molecule has 4 nitrogen and oxygen atoms in total. The third-order valence-electron chi connectivity index (χ3n) is 2.19. The maximum Gasteiger partial charge on any atom is 0.406 e. The van der Waals surface area contributed by atoms with Gasteiger partial charge < -0.3 is 15.0 Å². The number of aromatic nitrogens is 1. The van der Waals surface area contributed by atoms with Crippen molar-refractivity contribution in [1.29, 1.82) is 0 Å². The Morgan fingerprint density at radius 2 is 2.36 bits per heavy atom. The van der Waals surface area contributed by atoms with E-state index in [1.807, 2.05) is 18.3 Å². The van der Waals surface area contributed by atoms with Gasteiger partial charge in [-0.05, 0) is 12.1 Å². The number of methoxy groups -OCH3 is 1. The second-order valence-electron chi connectivity index (χ2n) is 3.81. The van der Waals surface area contributed by atoms with Gasteiger partial charge in [0.25, 0.3) is 0 Å². The molecule has 0 fully saturated rings. The fraction of sp³-hybridized carbons (Fsp3) is 0.500. The van der Waals surface area contributed by atoms with Crippen LogP contribution in [-0.2, 0) is 10.2 Å². The summed E-state index contributed by atoms with van der Waals surface area (Å²) in [5, 5.41) is 2.68. The van der Waals surface area contributed by atoms with Crippen LogP contribution in [0.2, 0.25) is 0 Å². The van der Waals surface area contributed by atoms with Gasteiger partial charge in [0.05, 0.1) is 7.11 Å². The zero-order valence-corrected chi connectivity index (χ0v) is 8.76. The first-order valence-electron chi connectivity index (χ1n) is 4.52. The maximum atomic E-state index is 10.9. The van der Waals surface area contributed by atoms with Crippen LogP contribution in [0.5, 0.6) is 0 Å². The molecule has 78 valence electrons. The first kappa shape index (κ1) is 10.6. The number of aromatic amines is 1. The van der Waals surface area contributed by atoms with E-state index in [0.29, 0.717) is 6.54 Å². The largest absolute Gasteiger partial charge is 0.453 e. The van der Waals surface area contributed by atoms with Crippen LogP contribution in [-0.4, -0.2) is 24.7 Å². The first-order chi connectivity index (χ1) is 6.56. The van der Waals surface area contributed by atoms with Crippen LogP contribution >= 0.6 is 0 Å². The van der Waals surface area contributed by atoms with Gasteiger partial charge in [-0.15, -0.1) is 0 Å². The fourth-order valence-corrected chi connectivity index (χ4v) is 1.21. The number of nitrogens with one attached hydrogen (secondary N) is 2. The predicted molar refractivity (Wildman–Crippen MR) is 54.2 cm³/mol. The van der Waals surface area contributed by atoms with Crippen molar-refractivity contribution in [3.05, 3.63) is 24.0 Å². The minimum Gasteiger partial charge on any atom is -0.453 e. The Labute approximate surface area is 83.7 Å². The Balaban J connectivity index is 2.54. The molecule has 1 rings (SSSR count). The van der Waals surface area contributed by atoms with Gasteiger partial charge in [0, 0.05) is 23.9 Å². The molecule has 0 aliphatic rings. The highest BCUT2D eigenvalue weighted by Crippen LogP contribution is 2.19. The Morgan fingerprint density at radius 3 is 2.86 bits per heavy atom. The molecule has 1 amide bonds. The monoisotopic (exact) mass is 196 g/mol. The summed E-state index contributed by atoms with van der Waals surface area (Å²) in [4.78, 5) is 14.0. The number of H-pyrrole nitrogens is 1. The van der Waals surface area contributed by atoms with E-state index in [2.05, 4.69) is 28.9 Å². The molecule has 0 aliphatic carbocycles. The van der Waals surface area contributed by atoms with Gasteiger partial charge in [-0.3, -0.25) is 0 Å². The van der Waals surface area contributed by atoms with Crippen LogP contribution in [0.15, 0.2) is 18.3 Å². The van der Waals surface area contributed by atoms with Crippen LogP contribution in [0.3, 0.4) is 0 Å². The summed E-state index contributed by atoms with van der Waals surface area (Å²) in [6, 6.07) is 3.94. The molecule has 0 spiro atoms. The van der Waals surface area contributed by atoms with Gasteiger partial charge in [0.1, 0.15) is 0 Å². The SMILES string of the molecule is COC(=O)NCC(C)(C)c1ccc[nH]1. The van der Waals surface area contributed by atoms with E-state index in [0.717, 1.165) is 5.69 Å². The molecule has 0 saturated heterocycles. The van der Waals surface area contributed by atoms with Crippen molar-refractivity contribution in [3.63, 3.8) is 0 Å². The van der Waals surface area contributed by atoms with Crippen molar-refractivity contribution in [1.82, 2.24) is 10.3 Å². The number of ether oxygens (including phenoxy) is 1. The van der Waals surface area contributed by atoms with E-state index in [1.54, 1.807) is 0 Å². The molecule has 14 heavy (non-hydrogen) atoms. The molecule has 0 aliphatic heterocycles. The highest BCUT2D eigenvalue weighted by Gasteiger charge is 2.22. The molecule has 1 aromatic heterocycles. The number of amides is 1. The Morgan fingerprint density at radius 1 is 1.64 bits per heavy atom. The number of carbonyl (C=O) groups excluding carboxylic acids is 1. The summed E-state index contributed by atoms with van der Waals surface area (Å²) in [5.41, 5.74) is 0.978. The molecule has 0 atom stereocenters. The second kappa shape index (κ2) is 4.17. The van der Waals surface area contributed by atoms with Gasteiger partial charge in [-0.1, -0.05) is 13.8 Å². The summed E-state index contributed by atoms with van der Waals surface area (Å²) < 4.78 is 4.50. The summed E-state index contributed by atoms with van der Waals surface area (Å²) >= 11 is 0. The molecule has 0 radical (unpaired) electrons. The van der Waals surface area contributed by atoms with Crippen molar-refractivity contribution < 1.29 is 9.53 Å². The van der Waals surface area contributed by atoms with Crippen molar-refractivity contribution in [3.8, 4) is 0 Å². The summed E-state index contributed by atoms with van der Waals surface area (Å²) in [5.74, 6) is 0. The first-order valence-corrected chi connectivity index (χ1v) is 4.52. The molecule has 2 N–H and O–H groups in total. The van der Waals surface area contributed by atoms with E-state index in [1.165, 1.54) is 7.11 Å². The smallest absolute Gasteiger partial charge is 0.406 e. The van der Waals surface area contributed by atoms with Crippen LogP contribution in [0, 0.1) is 0 Å². The topological polar surface area (TPSA) is 54.1 Å². The summed E-state index contributed by atoms with van der Waals surface area (Å²) in [7, 11) is 1.36. The van der Waals surface area contributed by atoms with E-state index >= 15 is 0 Å². The lowest BCUT2D eigenvalue weighted by Gasteiger charge is -2.23. The van der Waals surface area contributed by atoms with Gasteiger partial charge >= 0.3 is 6.09 Å². The Kier molecular flexibility index (Phi) is 3.17. The molecule has 0 aromatic carbocycles. The van der Waals surface area contributed by atoms with Crippen LogP contribution in [0.4, 0.5) is 4.79 Å². The third kappa shape index (κ3) is 2.52. The molecule has 1 heterocycles. The molecule has 0 unspecified atom stereocenters. The van der Waals surface area contributed by atoms with Crippen LogP contribution in [0.25, 0.3) is 0 Å². The van der Waals surface area contributed by atoms with Crippen molar-refractivity contribution in [2.24, 2.45) is 0 Å². The maximum absolute atomic E-state index is 10.9. The van der Waals surface area contributed by atoms with Gasteiger partial charge in [-0.25, -0.2) is 4.79 Å².